The number of unbranched alkanes of at least 4 members (excludes halogenated alkanes) is 2. The van der Waals surface area contributed by atoms with E-state index in [1.54, 1.807) is 12.1 Å². The zero-order valence-corrected chi connectivity index (χ0v) is 14.8. The summed E-state index contributed by atoms with van der Waals surface area (Å²) in [4.78, 5) is 13.8. The topological polar surface area (TPSA) is 53.6 Å². The van der Waals surface area contributed by atoms with Gasteiger partial charge >= 0.3 is 6.03 Å². The Morgan fingerprint density at radius 2 is 2.00 bits per heavy atom. The van der Waals surface area contributed by atoms with Gasteiger partial charge in [0, 0.05) is 25.3 Å². The number of nitrogens with one attached hydrogen (secondary N) is 2. The summed E-state index contributed by atoms with van der Waals surface area (Å²) in [5.41, 5.74) is 1.00. The third-order valence-electron chi connectivity index (χ3n) is 4.03. The first-order valence-electron chi connectivity index (χ1n) is 8.74. The second-order valence-corrected chi connectivity index (χ2v) is 6.42. The van der Waals surface area contributed by atoms with Gasteiger partial charge in [0.2, 0.25) is 0 Å². The van der Waals surface area contributed by atoms with Crippen LogP contribution in [0.15, 0.2) is 18.2 Å². The molecule has 1 aliphatic heterocycles. The standard InChI is InChI=1S/C18H28FN3O2/c1-4-5-6-9-20-18(23)21-15-7-8-17(16(19)10-15)22-11-13(2)24-14(3)12-22/h7-8,10,13-14H,4-6,9,11-12H2,1-3H3,(H2,20,21,23). The van der Waals surface area contributed by atoms with Crippen LogP contribution in [0.25, 0.3) is 0 Å². The zero-order chi connectivity index (χ0) is 17.5. The molecule has 1 aromatic carbocycles. The first-order chi connectivity index (χ1) is 11.5. The van der Waals surface area contributed by atoms with Crippen molar-refractivity contribution in [2.24, 2.45) is 0 Å². The lowest BCUT2D eigenvalue weighted by molar-refractivity contribution is -0.00539. The zero-order valence-electron chi connectivity index (χ0n) is 14.8. The maximum atomic E-state index is 14.4. The smallest absolute Gasteiger partial charge is 0.319 e. The monoisotopic (exact) mass is 337 g/mol. The molecule has 2 N–H and O–H groups in total. The summed E-state index contributed by atoms with van der Waals surface area (Å²) in [7, 11) is 0. The molecule has 0 spiro atoms. The van der Waals surface area contributed by atoms with Gasteiger partial charge in [-0.3, -0.25) is 0 Å². The van der Waals surface area contributed by atoms with Crippen molar-refractivity contribution >= 4 is 17.4 Å². The van der Waals surface area contributed by atoms with Crippen LogP contribution < -0.4 is 15.5 Å². The van der Waals surface area contributed by atoms with Crippen molar-refractivity contribution < 1.29 is 13.9 Å². The van der Waals surface area contributed by atoms with Gasteiger partial charge in [-0.15, -0.1) is 0 Å². The number of carbonyl (C=O) groups is 1. The number of halogens is 1. The third-order valence-corrected chi connectivity index (χ3v) is 4.03. The number of ether oxygens (including phenoxy) is 1. The Balaban J connectivity index is 1.93. The Morgan fingerprint density at radius 3 is 2.62 bits per heavy atom. The van der Waals surface area contributed by atoms with E-state index in [2.05, 4.69) is 17.6 Å². The molecule has 0 bridgehead atoms. The molecular weight excluding hydrogens is 309 g/mol. The summed E-state index contributed by atoms with van der Waals surface area (Å²) in [6.07, 6.45) is 3.28. The molecule has 2 unspecified atom stereocenters. The van der Waals surface area contributed by atoms with Crippen molar-refractivity contribution in [3.63, 3.8) is 0 Å². The van der Waals surface area contributed by atoms with E-state index in [4.69, 9.17) is 4.74 Å². The predicted molar refractivity (Wildman–Crippen MR) is 95.2 cm³/mol. The predicted octanol–water partition coefficient (Wildman–Crippen LogP) is 3.75. The van der Waals surface area contributed by atoms with Crippen LogP contribution in [0, 0.1) is 5.82 Å². The molecule has 2 amide bonds. The van der Waals surface area contributed by atoms with Gasteiger partial charge in [0.15, 0.2) is 0 Å². The van der Waals surface area contributed by atoms with Crippen LogP contribution >= 0.6 is 0 Å². The van der Waals surface area contributed by atoms with E-state index in [1.165, 1.54) is 6.07 Å². The molecule has 1 saturated heterocycles. The fourth-order valence-electron chi connectivity index (χ4n) is 2.97. The minimum absolute atomic E-state index is 0.0693. The lowest BCUT2D eigenvalue weighted by Gasteiger charge is -2.37. The Kier molecular flexibility index (Phi) is 6.85. The van der Waals surface area contributed by atoms with Gasteiger partial charge in [-0.05, 0) is 38.5 Å². The summed E-state index contributed by atoms with van der Waals surface area (Å²) in [6.45, 7) is 8.03. The van der Waals surface area contributed by atoms with Gasteiger partial charge in [-0.25, -0.2) is 9.18 Å². The van der Waals surface area contributed by atoms with Crippen LogP contribution in [0.4, 0.5) is 20.6 Å². The second-order valence-electron chi connectivity index (χ2n) is 6.42. The van der Waals surface area contributed by atoms with E-state index in [9.17, 15) is 9.18 Å². The van der Waals surface area contributed by atoms with Gasteiger partial charge in [0.25, 0.3) is 0 Å². The molecule has 2 rings (SSSR count). The van der Waals surface area contributed by atoms with Crippen LogP contribution in [0.5, 0.6) is 0 Å². The minimum Gasteiger partial charge on any atom is -0.372 e. The van der Waals surface area contributed by atoms with E-state index in [0.29, 0.717) is 31.0 Å². The van der Waals surface area contributed by atoms with Gasteiger partial charge in [-0.1, -0.05) is 19.8 Å². The largest absolute Gasteiger partial charge is 0.372 e. The van der Waals surface area contributed by atoms with E-state index in [1.807, 2.05) is 18.7 Å². The fourth-order valence-corrected chi connectivity index (χ4v) is 2.97. The number of carbonyl (C=O) groups excluding carboxylic acids is 1. The maximum absolute atomic E-state index is 14.4. The van der Waals surface area contributed by atoms with E-state index >= 15 is 0 Å². The molecule has 0 aliphatic carbocycles. The maximum Gasteiger partial charge on any atom is 0.319 e. The summed E-state index contributed by atoms with van der Waals surface area (Å²) in [5, 5.41) is 5.45. The van der Waals surface area contributed by atoms with E-state index < -0.39 is 0 Å². The van der Waals surface area contributed by atoms with Crippen LogP contribution in [-0.4, -0.2) is 37.9 Å². The highest BCUT2D eigenvalue weighted by atomic mass is 19.1. The van der Waals surface area contributed by atoms with Crippen LogP contribution in [0.3, 0.4) is 0 Å². The Bertz CT molecular complexity index is 543. The van der Waals surface area contributed by atoms with Crippen molar-refractivity contribution in [2.75, 3.05) is 29.9 Å². The van der Waals surface area contributed by atoms with E-state index in [0.717, 1.165) is 19.3 Å². The molecule has 134 valence electrons. The molecule has 1 aliphatic rings. The number of morpholine rings is 1. The van der Waals surface area contributed by atoms with Crippen molar-refractivity contribution in [3.8, 4) is 0 Å². The van der Waals surface area contributed by atoms with Gasteiger partial charge in [-0.2, -0.15) is 0 Å². The molecule has 5 nitrogen and oxygen atoms in total. The van der Waals surface area contributed by atoms with Crippen LogP contribution in [0.2, 0.25) is 0 Å². The normalized spacial score (nSPS) is 20.8. The van der Waals surface area contributed by atoms with Gasteiger partial charge in [0.1, 0.15) is 5.82 Å². The van der Waals surface area contributed by atoms with Crippen molar-refractivity contribution in [1.82, 2.24) is 5.32 Å². The van der Waals surface area contributed by atoms with Crippen LogP contribution in [0.1, 0.15) is 40.0 Å². The van der Waals surface area contributed by atoms with Crippen molar-refractivity contribution in [3.05, 3.63) is 24.0 Å². The minimum atomic E-state index is -0.333. The number of amides is 2. The second kappa shape index (κ2) is 8.87. The fraction of sp³-hybridized carbons (Fsp3) is 0.611. The van der Waals surface area contributed by atoms with Crippen molar-refractivity contribution in [2.45, 2.75) is 52.2 Å². The summed E-state index contributed by atoms with van der Waals surface area (Å²) >= 11 is 0. The quantitative estimate of drug-likeness (QED) is 0.777. The Morgan fingerprint density at radius 1 is 1.29 bits per heavy atom. The number of hydrogen-bond donors (Lipinski definition) is 2. The average Bonchev–Trinajstić information content (AvgIpc) is 2.50. The first kappa shape index (κ1) is 18.5. The lowest BCUT2D eigenvalue weighted by atomic mass is 10.2. The molecule has 0 radical (unpaired) electrons. The third kappa shape index (κ3) is 5.37. The molecule has 6 heteroatoms. The van der Waals surface area contributed by atoms with Gasteiger partial charge < -0.3 is 20.3 Å². The highest BCUT2D eigenvalue weighted by molar-refractivity contribution is 5.89. The van der Waals surface area contributed by atoms with Crippen molar-refractivity contribution in [1.29, 1.82) is 0 Å². The molecule has 0 aromatic heterocycles. The molecule has 24 heavy (non-hydrogen) atoms. The number of urea groups is 1. The summed E-state index contributed by atoms with van der Waals surface area (Å²) in [5.74, 6) is -0.333. The Hall–Kier alpha value is -1.82. The highest BCUT2D eigenvalue weighted by Crippen LogP contribution is 2.26. The molecule has 1 heterocycles. The summed E-state index contributed by atoms with van der Waals surface area (Å²) in [6, 6.07) is 4.51. The number of benzene rings is 1. The highest BCUT2D eigenvalue weighted by Gasteiger charge is 2.24. The van der Waals surface area contributed by atoms with Crippen LogP contribution in [-0.2, 0) is 4.74 Å². The average molecular weight is 337 g/mol. The lowest BCUT2D eigenvalue weighted by Crippen LogP contribution is -2.45. The molecular formula is C18H28FN3O2. The molecule has 2 atom stereocenters. The van der Waals surface area contributed by atoms with E-state index in [-0.39, 0.29) is 24.1 Å². The molecule has 1 fully saturated rings. The number of hydrogen-bond acceptors (Lipinski definition) is 3. The van der Waals surface area contributed by atoms with Gasteiger partial charge in [0.05, 0.1) is 17.9 Å². The Labute approximate surface area is 143 Å². The SMILES string of the molecule is CCCCCNC(=O)Nc1ccc(N2CC(C)OC(C)C2)c(F)c1. The molecule has 1 aromatic rings. The number of rotatable bonds is 6. The first-order valence-corrected chi connectivity index (χ1v) is 8.74. The number of nitrogens with zero attached hydrogens (tertiary/aromatic N) is 1. The molecule has 0 saturated carbocycles. The number of anilines is 2. The summed E-state index contributed by atoms with van der Waals surface area (Å²) < 4.78 is 20.1.